The van der Waals surface area contributed by atoms with Crippen molar-refractivity contribution in [2.75, 3.05) is 5.73 Å². The summed E-state index contributed by atoms with van der Waals surface area (Å²) in [5.41, 5.74) is 8.14. The van der Waals surface area contributed by atoms with Crippen LogP contribution in [0.2, 0.25) is 0 Å². The van der Waals surface area contributed by atoms with Gasteiger partial charge in [0.05, 0.1) is 10.6 Å². The van der Waals surface area contributed by atoms with E-state index in [4.69, 9.17) is 5.73 Å². The van der Waals surface area contributed by atoms with E-state index in [0.29, 0.717) is 10.2 Å². The molecule has 2 aromatic rings. The first kappa shape index (κ1) is 15.1. The molecule has 2 N–H and O–H groups in total. The van der Waals surface area contributed by atoms with Gasteiger partial charge in [-0.1, -0.05) is 31.2 Å². The Morgan fingerprint density at radius 1 is 1.05 bits per heavy atom. The topological polar surface area (TPSA) is 60.2 Å². The molecule has 106 valence electrons. The van der Waals surface area contributed by atoms with E-state index in [-0.39, 0.29) is 10.6 Å². The van der Waals surface area contributed by atoms with E-state index in [2.05, 4.69) is 22.9 Å². The number of rotatable bonds is 4. The molecule has 0 radical (unpaired) electrons. The van der Waals surface area contributed by atoms with Crippen molar-refractivity contribution in [2.45, 2.75) is 24.0 Å². The summed E-state index contributed by atoms with van der Waals surface area (Å²) in [4.78, 5) is 0.270. The molecule has 0 unspecified atom stereocenters. The van der Waals surface area contributed by atoms with E-state index in [0.717, 1.165) is 12.0 Å². The van der Waals surface area contributed by atoms with E-state index in [1.807, 2.05) is 24.3 Å². The van der Waals surface area contributed by atoms with Gasteiger partial charge in [0.1, 0.15) is 0 Å². The van der Waals surface area contributed by atoms with Crippen molar-refractivity contribution in [3.63, 3.8) is 0 Å². The second-order valence-electron chi connectivity index (χ2n) is 4.62. The van der Waals surface area contributed by atoms with Crippen LogP contribution < -0.4 is 5.73 Å². The molecule has 5 heteroatoms. The fraction of sp³-hybridized carbons (Fsp3) is 0.200. The molecule has 20 heavy (non-hydrogen) atoms. The first-order chi connectivity index (χ1) is 9.42. The highest BCUT2D eigenvalue weighted by molar-refractivity contribution is 9.10. The number of benzene rings is 2. The Bertz CT molecular complexity index is 709. The molecule has 0 saturated carbocycles. The fourth-order valence-electron chi connectivity index (χ4n) is 1.94. The van der Waals surface area contributed by atoms with Crippen LogP contribution in [-0.4, -0.2) is 8.42 Å². The van der Waals surface area contributed by atoms with Crippen molar-refractivity contribution < 1.29 is 8.42 Å². The summed E-state index contributed by atoms with van der Waals surface area (Å²) in [6.07, 6.45) is 0.941. The second kappa shape index (κ2) is 5.97. The number of hydrogen-bond acceptors (Lipinski definition) is 3. The van der Waals surface area contributed by atoms with Crippen LogP contribution in [0.3, 0.4) is 0 Å². The number of nitrogens with two attached hydrogens (primary N) is 1. The molecular formula is C15H16BrNO2S. The Kier molecular flexibility index (Phi) is 4.50. The smallest absolute Gasteiger partial charge is 0.183 e. The van der Waals surface area contributed by atoms with Gasteiger partial charge >= 0.3 is 0 Å². The Hall–Kier alpha value is -1.33. The van der Waals surface area contributed by atoms with Crippen molar-refractivity contribution in [3.8, 4) is 0 Å². The molecule has 0 aromatic heterocycles. The average molecular weight is 354 g/mol. The molecule has 3 nitrogen and oxygen atoms in total. The predicted molar refractivity (Wildman–Crippen MR) is 85.3 cm³/mol. The zero-order chi connectivity index (χ0) is 14.8. The SMILES string of the molecule is CCc1ccc(CS(=O)(=O)c2ccc(N)cc2Br)cc1. The maximum Gasteiger partial charge on any atom is 0.183 e. The lowest BCUT2D eigenvalue weighted by molar-refractivity contribution is 0.595. The zero-order valence-electron chi connectivity index (χ0n) is 11.1. The molecule has 0 fully saturated rings. The van der Waals surface area contributed by atoms with Gasteiger partial charge in [-0.05, 0) is 51.7 Å². The molecule has 0 saturated heterocycles. The lowest BCUT2D eigenvalue weighted by atomic mass is 10.1. The first-order valence-corrected chi connectivity index (χ1v) is 8.72. The van der Waals surface area contributed by atoms with Crippen molar-refractivity contribution >= 4 is 31.5 Å². The van der Waals surface area contributed by atoms with E-state index in [1.54, 1.807) is 12.1 Å². The largest absolute Gasteiger partial charge is 0.399 e. The summed E-state index contributed by atoms with van der Waals surface area (Å²) >= 11 is 3.26. The standard InChI is InChI=1S/C15H16BrNO2S/c1-2-11-3-5-12(6-4-11)10-20(18,19)15-8-7-13(17)9-14(15)16/h3-9H,2,10,17H2,1H3. The lowest BCUT2D eigenvalue weighted by Crippen LogP contribution is -2.06. The van der Waals surface area contributed by atoms with E-state index in [1.165, 1.54) is 11.6 Å². The van der Waals surface area contributed by atoms with Crippen LogP contribution in [0, 0.1) is 0 Å². The van der Waals surface area contributed by atoms with Crippen LogP contribution in [0.15, 0.2) is 51.8 Å². The van der Waals surface area contributed by atoms with E-state index >= 15 is 0 Å². The van der Waals surface area contributed by atoms with Gasteiger partial charge in [0.15, 0.2) is 9.84 Å². The normalized spacial score (nSPS) is 11.5. The van der Waals surface area contributed by atoms with Crippen LogP contribution in [0.5, 0.6) is 0 Å². The first-order valence-electron chi connectivity index (χ1n) is 6.28. The third-order valence-electron chi connectivity index (χ3n) is 3.08. The molecule has 0 heterocycles. The Morgan fingerprint density at radius 3 is 2.20 bits per heavy atom. The van der Waals surface area contributed by atoms with Crippen molar-refractivity contribution in [1.82, 2.24) is 0 Å². The Balaban J connectivity index is 2.30. The van der Waals surface area contributed by atoms with Crippen LogP contribution in [-0.2, 0) is 22.0 Å². The van der Waals surface area contributed by atoms with Crippen molar-refractivity contribution in [3.05, 3.63) is 58.1 Å². The summed E-state index contributed by atoms with van der Waals surface area (Å²) in [6, 6.07) is 12.4. The van der Waals surface area contributed by atoms with Gasteiger partial charge in [-0.3, -0.25) is 0 Å². The van der Waals surface area contributed by atoms with Crippen LogP contribution >= 0.6 is 15.9 Å². The second-order valence-corrected chi connectivity index (χ2v) is 7.43. The molecule has 2 rings (SSSR count). The minimum atomic E-state index is -3.38. The van der Waals surface area contributed by atoms with Crippen LogP contribution in [0.4, 0.5) is 5.69 Å². The number of anilines is 1. The number of nitrogen functional groups attached to an aromatic ring is 1. The summed E-state index contributed by atoms with van der Waals surface area (Å²) in [5.74, 6) is -0.0144. The van der Waals surface area contributed by atoms with E-state index < -0.39 is 9.84 Å². The van der Waals surface area contributed by atoms with Crippen molar-refractivity contribution in [1.29, 1.82) is 0 Å². The van der Waals surface area contributed by atoms with Gasteiger partial charge in [0.2, 0.25) is 0 Å². The molecule has 0 bridgehead atoms. The van der Waals surface area contributed by atoms with Gasteiger partial charge in [0, 0.05) is 10.2 Å². The Morgan fingerprint density at radius 2 is 1.65 bits per heavy atom. The zero-order valence-corrected chi connectivity index (χ0v) is 13.5. The van der Waals surface area contributed by atoms with Crippen LogP contribution in [0.1, 0.15) is 18.1 Å². The molecule has 2 aromatic carbocycles. The molecule has 0 atom stereocenters. The molecular weight excluding hydrogens is 338 g/mol. The summed E-state index contributed by atoms with van der Waals surface area (Å²) < 4.78 is 25.3. The van der Waals surface area contributed by atoms with E-state index in [9.17, 15) is 8.42 Å². The third kappa shape index (κ3) is 3.41. The van der Waals surface area contributed by atoms with Crippen molar-refractivity contribution in [2.24, 2.45) is 0 Å². The minimum Gasteiger partial charge on any atom is -0.399 e. The molecule has 0 amide bonds. The highest BCUT2D eigenvalue weighted by atomic mass is 79.9. The highest BCUT2D eigenvalue weighted by Gasteiger charge is 2.18. The highest BCUT2D eigenvalue weighted by Crippen LogP contribution is 2.27. The summed E-state index contributed by atoms with van der Waals surface area (Å²) in [5, 5.41) is 0. The lowest BCUT2D eigenvalue weighted by Gasteiger charge is -2.08. The monoisotopic (exact) mass is 353 g/mol. The number of halogens is 1. The molecule has 0 aliphatic carbocycles. The molecule has 0 spiro atoms. The number of aryl methyl sites for hydroxylation is 1. The van der Waals surface area contributed by atoms with Gasteiger partial charge < -0.3 is 5.73 Å². The quantitative estimate of drug-likeness (QED) is 0.854. The van der Waals surface area contributed by atoms with Gasteiger partial charge in [-0.15, -0.1) is 0 Å². The van der Waals surface area contributed by atoms with Crippen LogP contribution in [0.25, 0.3) is 0 Å². The minimum absolute atomic E-state index is 0.0144. The fourth-order valence-corrected chi connectivity index (χ4v) is 4.49. The predicted octanol–water partition coefficient (Wildman–Crippen LogP) is 3.57. The third-order valence-corrected chi connectivity index (χ3v) is 5.74. The number of hydrogen-bond donors (Lipinski definition) is 1. The summed E-state index contributed by atoms with van der Waals surface area (Å²) in [7, 11) is -3.38. The summed E-state index contributed by atoms with van der Waals surface area (Å²) in [6.45, 7) is 2.07. The van der Waals surface area contributed by atoms with Gasteiger partial charge in [-0.25, -0.2) is 8.42 Å². The maximum atomic E-state index is 12.4. The maximum absolute atomic E-state index is 12.4. The molecule has 0 aliphatic rings. The number of sulfone groups is 1. The van der Waals surface area contributed by atoms with Gasteiger partial charge in [0.25, 0.3) is 0 Å². The average Bonchev–Trinajstić information content (AvgIpc) is 2.38. The molecule has 0 aliphatic heterocycles. The van der Waals surface area contributed by atoms with Gasteiger partial charge in [-0.2, -0.15) is 0 Å². The Labute approximate surface area is 127 Å².